The molecule has 0 amide bonds. The van der Waals surface area contributed by atoms with E-state index in [1.165, 1.54) is 0 Å². The number of rotatable bonds is 5. The molecule has 5 nitrogen and oxygen atoms in total. The lowest BCUT2D eigenvalue weighted by atomic mass is 10.0. The Bertz CT molecular complexity index is 1150. The molecule has 4 aromatic rings. The maximum Gasteiger partial charge on any atom is 0.227 e. The van der Waals surface area contributed by atoms with Gasteiger partial charge >= 0.3 is 0 Å². The number of fused-ring (bicyclic) bond motifs is 1. The van der Waals surface area contributed by atoms with Gasteiger partial charge in [0.2, 0.25) is 11.6 Å². The molecule has 3 aromatic carbocycles. The van der Waals surface area contributed by atoms with Gasteiger partial charge in [0, 0.05) is 15.6 Å². The Kier molecular flexibility index (Phi) is 4.96. The van der Waals surface area contributed by atoms with Crippen LogP contribution in [0.2, 0.25) is 0 Å². The van der Waals surface area contributed by atoms with Crippen molar-refractivity contribution in [3.05, 3.63) is 59.1 Å². The van der Waals surface area contributed by atoms with Gasteiger partial charge in [-0.05, 0) is 48.0 Å². The summed E-state index contributed by atoms with van der Waals surface area (Å²) in [5, 5.41) is 0. The second-order valence-corrected chi connectivity index (χ2v) is 7.01. The molecule has 0 unspecified atom stereocenters. The van der Waals surface area contributed by atoms with Crippen LogP contribution in [-0.2, 0) is 0 Å². The second-order valence-electron chi connectivity index (χ2n) is 6.09. The van der Waals surface area contributed by atoms with E-state index < -0.39 is 0 Å². The van der Waals surface area contributed by atoms with Gasteiger partial charge in [-0.1, -0.05) is 28.1 Å². The van der Waals surface area contributed by atoms with Crippen molar-refractivity contribution in [2.24, 2.45) is 0 Å². The fraction of sp³-hybridized carbons (Fsp3) is 0.136. The first-order valence-corrected chi connectivity index (χ1v) is 9.39. The van der Waals surface area contributed by atoms with Gasteiger partial charge in [0.15, 0.2) is 17.1 Å². The van der Waals surface area contributed by atoms with Crippen LogP contribution in [0.4, 0.5) is 0 Å². The van der Waals surface area contributed by atoms with Gasteiger partial charge in [-0.2, -0.15) is 0 Å². The van der Waals surface area contributed by atoms with Crippen LogP contribution in [0.15, 0.2) is 63.5 Å². The van der Waals surface area contributed by atoms with Crippen LogP contribution in [0.5, 0.6) is 17.2 Å². The van der Waals surface area contributed by atoms with Crippen LogP contribution in [0, 0.1) is 0 Å². The lowest BCUT2D eigenvalue weighted by molar-refractivity contribution is 0.325. The molecule has 0 saturated heterocycles. The molecule has 0 bridgehead atoms. The molecule has 1 aromatic heterocycles. The summed E-state index contributed by atoms with van der Waals surface area (Å²) in [6.07, 6.45) is 0. The highest BCUT2D eigenvalue weighted by Gasteiger charge is 2.18. The summed E-state index contributed by atoms with van der Waals surface area (Å²) in [6.45, 7) is 0. The molecule has 142 valence electrons. The average Bonchev–Trinajstić information content (AvgIpc) is 3.15. The molecule has 0 aliphatic heterocycles. The van der Waals surface area contributed by atoms with Crippen LogP contribution < -0.4 is 14.2 Å². The maximum absolute atomic E-state index is 6.02. The Labute approximate surface area is 171 Å². The number of methoxy groups -OCH3 is 3. The van der Waals surface area contributed by atoms with Gasteiger partial charge in [-0.3, -0.25) is 0 Å². The smallest absolute Gasteiger partial charge is 0.227 e. The zero-order valence-corrected chi connectivity index (χ0v) is 17.2. The molecule has 0 N–H and O–H groups in total. The first-order valence-electron chi connectivity index (χ1n) is 8.60. The summed E-state index contributed by atoms with van der Waals surface area (Å²) in [6, 6.07) is 17.5. The minimum absolute atomic E-state index is 0.551. The zero-order valence-electron chi connectivity index (χ0n) is 15.7. The lowest BCUT2D eigenvalue weighted by Crippen LogP contribution is -1.96. The third-order valence-corrected chi connectivity index (χ3v) is 4.97. The van der Waals surface area contributed by atoms with E-state index >= 15 is 0 Å². The topological polar surface area (TPSA) is 53.7 Å². The van der Waals surface area contributed by atoms with E-state index in [-0.39, 0.29) is 0 Å². The number of hydrogen-bond acceptors (Lipinski definition) is 5. The van der Waals surface area contributed by atoms with E-state index in [9.17, 15) is 0 Å². The number of halogens is 1. The fourth-order valence-corrected chi connectivity index (χ4v) is 3.56. The molecule has 0 saturated carbocycles. The fourth-order valence-electron chi connectivity index (χ4n) is 3.17. The molecule has 28 heavy (non-hydrogen) atoms. The van der Waals surface area contributed by atoms with Crippen molar-refractivity contribution in [1.82, 2.24) is 4.98 Å². The summed E-state index contributed by atoms with van der Waals surface area (Å²) < 4.78 is 23.5. The zero-order chi connectivity index (χ0) is 19.7. The van der Waals surface area contributed by atoms with Crippen LogP contribution in [0.25, 0.3) is 33.7 Å². The number of benzene rings is 3. The predicted octanol–water partition coefficient (Wildman–Crippen LogP) is 5.95. The monoisotopic (exact) mass is 439 g/mol. The maximum atomic E-state index is 6.02. The highest BCUT2D eigenvalue weighted by Crippen LogP contribution is 2.44. The number of ether oxygens (including phenoxy) is 3. The predicted molar refractivity (Wildman–Crippen MR) is 112 cm³/mol. The van der Waals surface area contributed by atoms with E-state index in [1.807, 2.05) is 54.6 Å². The van der Waals surface area contributed by atoms with Gasteiger partial charge in [-0.25, -0.2) is 4.98 Å². The van der Waals surface area contributed by atoms with Crippen LogP contribution >= 0.6 is 15.9 Å². The molecule has 0 aliphatic rings. The lowest BCUT2D eigenvalue weighted by Gasteiger charge is -2.15. The van der Waals surface area contributed by atoms with Crippen molar-refractivity contribution in [3.63, 3.8) is 0 Å². The highest BCUT2D eigenvalue weighted by molar-refractivity contribution is 9.10. The average molecular weight is 440 g/mol. The minimum atomic E-state index is 0.551. The first kappa shape index (κ1) is 18.4. The summed E-state index contributed by atoms with van der Waals surface area (Å²) >= 11 is 3.48. The van der Waals surface area contributed by atoms with Gasteiger partial charge in [0.25, 0.3) is 0 Å². The van der Waals surface area contributed by atoms with Gasteiger partial charge in [0.05, 0.1) is 21.3 Å². The molecular formula is C22H18BrNO4. The van der Waals surface area contributed by atoms with Gasteiger partial charge < -0.3 is 18.6 Å². The molecule has 6 heteroatoms. The standard InChI is InChI=1S/C22H18BrNO4/c1-25-18-10-8-16(20(26-2)21(18)27-3)13-7-9-17-19(12-13)28-22(24-17)14-5-4-6-15(23)11-14/h4-12H,1-3H3. The van der Waals surface area contributed by atoms with Gasteiger partial charge in [0.1, 0.15) is 5.52 Å². The first-order chi connectivity index (χ1) is 13.6. The molecule has 0 spiro atoms. The molecule has 0 fully saturated rings. The Hall–Kier alpha value is -2.99. The van der Waals surface area contributed by atoms with Crippen molar-refractivity contribution in [1.29, 1.82) is 0 Å². The Balaban J connectivity index is 1.82. The molecule has 0 radical (unpaired) electrons. The molecule has 1 heterocycles. The Morgan fingerprint density at radius 1 is 0.821 bits per heavy atom. The quantitative estimate of drug-likeness (QED) is 0.384. The van der Waals surface area contributed by atoms with E-state index in [4.69, 9.17) is 18.6 Å². The Morgan fingerprint density at radius 2 is 1.64 bits per heavy atom. The molecule has 0 atom stereocenters. The molecular weight excluding hydrogens is 422 g/mol. The van der Waals surface area contributed by atoms with Crippen LogP contribution in [-0.4, -0.2) is 26.3 Å². The van der Waals surface area contributed by atoms with E-state index in [2.05, 4.69) is 20.9 Å². The summed E-state index contributed by atoms with van der Waals surface area (Å²) in [4.78, 5) is 4.60. The highest BCUT2D eigenvalue weighted by atomic mass is 79.9. The summed E-state index contributed by atoms with van der Waals surface area (Å²) in [5.41, 5.74) is 4.21. The van der Waals surface area contributed by atoms with E-state index in [0.29, 0.717) is 28.7 Å². The number of hydrogen-bond donors (Lipinski definition) is 0. The summed E-state index contributed by atoms with van der Waals surface area (Å²) in [5.74, 6) is 2.34. The number of oxazole rings is 1. The Morgan fingerprint density at radius 3 is 2.36 bits per heavy atom. The van der Waals surface area contributed by atoms with E-state index in [1.54, 1.807) is 21.3 Å². The van der Waals surface area contributed by atoms with Gasteiger partial charge in [-0.15, -0.1) is 0 Å². The molecule has 4 rings (SSSR count). The van der Waals surface area contributed by atoms with Crippen LogP contribution in [0.1, 0.15) is 0 Å². The summed E-state index contributed by atoms with van der Waals surface area (Å²) in [7, 11) is 4.80. The third-order valence-electron chi connectivity index (χ3n) is 4.48. The van der Waals surface area contributed by atoms with Crippen molar-refractivity contribution in [2.45, 2.75) is 0 Å². The number of nitrogens with zero attached hydrogens (tertiary/aromatic N) is 1. The van der Waals surface area contributed by atoms with E-state index in [0.717, 1.165) is 26.7 Å². The largest absolute Gasteiger partial charge is 0.493 e. The third kappa shape index (κ3) is 3.20. The SMILES string of the molecule is COc1ccc(-c2ccc3nc(-c4cccc(Br)c4)oc3c2)c(OC)c1OC. The van der Waals surface area contributed by atoms with Crippen molar-refractivity contribution in [3.8, 4) is 39.8 Å². The normalized spacial score (nSPS) is 10.9. The molecule has 0 aliphatic carbocycles. The van der Waals surface area contributed by atoms with Crippen LogP contribution in [0.3, 0.4) is 0 Å². The van der Waals surface area contributed by atoms with Crippen molar-refractivity contribution in [2.75, 3.05) is 21.3 Å². The van der Waals surface area contributed by atoms with Crippen molar-refractivity contribution >= 4 is 27.0 Å². The van der Waals surface area contributed by atoms with Crippen molar-refractivity contribution < 1.29 is 18.6 Å². The minimum Gasteiger partial charge on any atom is -0.493 e. The number of aromatic nitrogens is 1. The second kappa shape index (κ2) is 7.56.